The number of hydrogen-bond acceptors (Lipinski definition) is 4. The molecule has 4 nitrogen and oxygen atoms in total. The van der Waals surface area contributed by atoms with Crippen LogP contribution in [0.4, 0.5) is 5.88 Å². The number of aromatic nitrogens is 1. The van der Waals surface area contributed by atoms with Gasteiger partial charge in [0.1, 0.15) is 17.7 Å². The van der Waals surface area contributed by atoms with Crippen LogP contribution in [0.1, 0.15) is 25.2 Å². The first kappa shape index (κ1) is 10.8. The molecule has 86 valence electrons. The van der Waals surface area contributed by atoms with Gasteiger partial charge in [-0.1, -0.05) is 19.0 Å². The maximum atomic E-state index is 5.77. The molecule has 0 saturated carbocycles. The maximum Gasteiger partial charge on any atom is 0.225 e. The molecule has 2 rings (SSSR count). The van der Waals surface area contributed by atoms with Crippen LogP contribution in [0.15, 0.2) is 21.3 Å². The Morgan fingerprint density at radius 2 is 2.19 bits per heavy atom. The maximum absolute atomic E-state index is 5.77. The van der Waals surface area contributed by atoms with E-state index in [-0.39, 0.29) is 0 Å². The van der Waals surface area contributed by atoms with Gasteiger partial charge in [0, 0.05) is 11.1 Å². The minimum Gasteiger partial charge on any atom is -0.469 e. The van der Waals surface area contributed by atoms with E-state index in [4.69, 9.17) is 14.7 Å². The Kier molecular flexibility index (Phi) is 2.73. The zero-order valence-electron chi connectivity index (χ0n) is 9.78. The predicted molar refractivity (Wildman–Crippen MR) is 61.9 cm³/mol. The second-order valence-electron chi connectivity index (χ2n) is 4.42. The third kappa shape index (κ3) is 1.96. The molecular formula is C12H16N2O2. The van der Waals surface area contributed by atoms with Crippen LogP contribution >= 0.6 is 0 Å². The summed E-state index contributed by atoms with van der Waals surface area (Å²) < 4.78 is 10.3. The Bertz CT molecular complexity index is 483. The molecule has 0 spiro atoms. The highest BCUT2D eigenvalue weighted by Gasteiger charge is 2.17. The Labute approximate surface area is 94.4 Å². The summed E-state index contributed by atoms with van der Waals surface area (Å²) in [7, 11) is 0. The second kappa shape index (κ2) is 4.04. The summed E-state index contributed by atoms with van der Waals surface area (Å²) in [5.74, 6) is 1.77. The van der Waals surface area contributed by atoms with Gasteiger partial charge in [0.25, 0.3) is 0 Å². The van der Waals surface area contributed by atoms with Crippen LogP contribution in [0, 0.1) is 12.8 Å². The molecule has 0 aliphatic carbocycles. The van der Waals surface area contributed by atoms with Crippen LogP contribution in [0.5, 0.6) is 0 Å². The second-order valence-corrected chi connectivity index (χ2v) is 4.42. The molecular weight excluding hydrogens is 204 g/mol. The van der Waals surface area contributed by atoms with Gasteiger partial charge in [0.05, 0.1) is 0 Å². The van der Waals surface area contributed by atoms with Gasteiger partial charge >= 0.3 is 0 Å². The number of nitrogens with two attached hydrogens (primary N) is 1. The first-order valence-corrected chi connectivity index (χ1v) is 5.37. The molecule has 0 fully saturated rings. The average molecular weight is 220 g/mol. The average Bonchev–Trinajstić information content (AvgIpc) is 2.75. The largest absolute Gasteiger partial charge is 0.469 e. The summed E-state index contributed by atoms with van der Waals surface area (Å²) in [6.45, 7) is 6.17. The summed E-state index contributed by atoms with van der Waals surface area (Å²) in [6, 6.07) is 1.93. The monoisotopic (exact) mass is 220 g/mol. The smallest absolute Gasteiger partial charge is 0.225 e. The van der Waals surface area contributed by atoms with Crippen molar-refractivity contribution in [3.63, 3.8) is 0 Å². The Morgan fingerprint density at radius 1 is 1.44 bits per heavy atom. The zero-order valence-corrected chi connectivity index (χ0v) is 9.78. The van der Waals surface area contributed by atoms with Crippen LogP contribution in [-0.2, 0) is 6.42 Å². The highest BCUT2D eigenvalue weighted by molar-refractivity contribution is 5.66. The van der Waals surface area contributed by atoms with Crippen molar-refractivity contribution in [2.75, 3.05) is 5.73 Å². The van der Waals surface area contributed by atoms with E-state index in [0.29, 0.717) is 11.8 Å². The van der Waals surface area contributed by atoms with Crippen molar-refractivity contribution in [2.45, 2.75) is 27.2 Å². The lowest BCUT2D eigenvalue weighted by Crippen LogP contribution is -1.98. The molecule has 2 heterocycles. The predicted octanol–water partition coefficient (Wildman–Crippen LogP) is 3.02. The summed E-state index contributed by atoms with van der Waals surface area (Å²) in [6.07, 6.45) is 2.53. The van der Waals surface area contributed by atoms with Gasteiger partial charge in [-0.15, -0.1) is 0 Å². The van der Waals surface area contributed by atoms with E-state index in [0.717, 1.165) is 29.0 Å². The fourth-order valence-electron chi connectivity index (χ4n) is 1.72. The van der Waals surface area contributed by atoms with Crippen molar-refractivity contribution in [3.05, 3.63) is 23.7 Å². The standard InChI is InChI=1S/C12H16N2O2/c1-7(2)4-10-11(14-16-12(10)13)9-5-8(3)15-6-9/h5-7H,4,13H2,1-3H3. The first-order chi connectivity index (χ1) is 7.58. The number of nitrogen functional groups attached to an aromatic ring is 1. The molecule has 2 N–H and O–H groups in total. The van der Waals surface area contributed by atoms with Crippen molar-refractivity contribution >= 4 is 5.88 Å². The molecule has 0 aromatic carbocycles. The number of nitrogens with zero attached hydrogens (tertiary/aromatic N) is 1. The molecule has 0 unspecified atom stereocenters. The number of aryl methyl sites for hydroxylation is 1. The lowest BCUT2D eigenvalue weighted by Gasteiger charge is -2.03. The van der Waals surface area contributed by atoms with E-state index < -0.39 is 0 Å². The van der Waals surface area contributed by atoms with Crippen LogP contribution in [0.25, 0.3) is 11.3 Å². The fourth-order valence-corrected chi connectivity index (χ4v) is 1.72. The minimum atomic E-state index is 0.405. The molecule has 4 heteroatoms. The van der Waals surface area contributed by atoms with E-state index in [2.05, 4.69) is 19.0 Å². The van der Waals surface area contributed by atoms with Crippen LogP contribution in [0.3, 0.4) is 0 Å². The number of rotatable bonds is 3. The summed E-state index contributed by atoms with van der Waals surface area (Å²) in [5, 5.41) is 3.99. The van der Waals surface area contributed by atoms with Crippen molar-refractivity contribution in [3.8, 4) is 11.3 Å². The van der Waals surface area contributed by atoms with Crippen LogP contribution < -0.4 is 5.73 Å². The van der Waals surface area contributed by atoms with Gasteiger partial charge < -0.3 is 14.7 Å². The Hall–Kier alpha value is -1.71. The van der Waals surface area contributed by atoms with Crippen molar-refractivity contribution in [1.82, 2.24) is 5.16 Å². The van der Waals surface area contributed by atoms with Gasteiger partial charge in [-0.3, -0.25) is 0 Å². The lowest BCUT2D eigenvalue weighted by molar-refractivity contribution is 0.438. The summed E-state index contributed by atoms with van der Waals surface area (Å²) in [5.41, 5.74) is 8.46. The van der Waals surface area contributed by atoms with E-state index >= 15 is 0 Å². The summed E-state index contributed by atoms with van der Waals surface area (Å²) >= 11 is 0. The molecule has 0 bridgehead atoms. The SMILES string of the molecule is Cc1cc(-c2noc(N)c2CC(C)C)co1. The molecule has 0 amide bonds. The third-order valence-electron chi connectivity index (χ3n) is 2.43. The molecule has 2 aromatic heterocycles. The number of anilines is 1. The van der Waals surface area contributed by atoms with Gasteiger partial charge in [0.2, 0.25) is 5.88 Å². The first-order valence-electron chi connectivity index (χ1n) is 5.37. The van der Waals surface area contributed by atoms with Gasteiger partial charge in [-0.25, -0.2) is 0 Å². The fraction of sp³-hybridized carbons (Fsp3) is 0.417. The van der Waals surface area contributed by atoms with E-state index in [1.807, 2.05) is 13.0 Å². The molecule has 0 aliphatic heterocycles. The molecule has 16 heavy (non-hydrogen) atoms. The quantitative estimate of drug-likeness (QED) is 0.863. The minimum absolute atomic E-state index is 0.405. The van der Waals surface area contributed by atoms with Crippen LogP contribution in [0.2, 0.25) is 0 Å². The molecule has 2 aromatic rings. The van der Waals surface area contributed by atoms with E-state index in [9.17, 15) is 0 Å². The number of hydrogen-bond donors (Lipinski definition) is 1. The van der Waals surface area contributed by atoms with Gasteiger partial charge in [-0.2, -0.15) is 0 Å². The molecule has 0 saturated heterocycles. The highest BCUT2D eigenvalue weighted by Crippen LogP contribution is 2.30. The zero-order chi connectivity index (χ0) is 11.7. The third-order valence-corrected chi connectivity index (χ3v) is 2.43. The molecule has 0 atom stereocenters. The van der Waals surface area contributed by atoms with Crippen LogP contribution in [-0.4, -0.2) is 5.16 Å². The summed E-state index contributed by atoms with van der Waals surface area (Å²) in [4.78, 5) is 0. The Balaban J connectivity index is 2.41. The molecule has 0 aliphatic rings. The van der Waals surface area contributed by atoms with E-state index in [1.165, 1.54) is 0 Å². The Morgan fingerprint density at radius 3 is 2.75 bits per heavy atom. The van der Waals surface area contributed by atoms with Gasteiger partial charge in [0.15, 0.2) is 0 Å². The lowest BCUT2D eigenvalue weighted by atomic mass is 10.0. The van der Waals surface area contributed by atoms with Crippen molar-refractivity contribution in [2.24, 2.45) is 5.92 Å². The number of furan rings is 1. The van der Waals surface area contributed by atoms with E-state index in [1.54, 1.807) is 6.26 Å². The molecule has 0 radical (unpaired) electrons. The van der Waals surface area contributed by atoms with Crippen molar-refractivity contribution in [1.29, 1.82) is 0 Å². The van der Waals surface area contributed by atoms with Crippen molar-refractivity contribution < 1.29 is 8.94 Å². The topological polar surface area (TPSA) is 65.2 Å². The normalized spacial score (nSPS) is 11.2. The van der Waals surface area contributed by atoms with Gasteiger partial charge in [-0.05, 0) is 25.3 Å². The highest BCUT2D eigenvalue weighted by atomic mass is 16.5.